The first-order valence-corrected chi connectivity index (χ1v) is 7.79. The number of rotatable bonds is 9. The lowest BCUT2D eigenvalue weighted by atomic mass is 9.96. The van der Waals surface area contributed by atoms with Crippen LogP contribution in [0.15, 0.2) is 0 Å². The van der Waals surface area contributed by atoms with Crippen molar-refractivity contribution in [3.63, 3.8) is 0 Å². The predicted octanol–water partition coefficient (Wildman–Crippen LogP) is 2.17. The Hall–Kier alpha value is -0.120. The fraction of sp³-hybridized carbons (Fsp3) is 1.00. The predicted molar refractivity (Wildman–Crippen MR) is 79.9 cm³/mol. The summed E-state index contributed by atoms with van der Waals surface area (Å²) in [5, 5.41) is 0. The number of nitrogens with two attached hydrogens (primary N) is 1. The molecule has 0 aliphatic carbocycles. The Bertz CT molecular complexity index is 186. The number of piperidine rings is 1. The molecule has 1 heterocycles. The first-order valence-electron chi connectivity index (χ1n) is 7.79. The van der Waals surface area contributed by atoms with Gasteiger partial charge in [-0.05, 0) is 71.9 Å². The van der Waals surface area contributed by atoms with Gasteiger partial charge in [-0.1, -0.05) is 19.3 Å². The SMILES string of the molecule is CN(C)CC1CCN(CCCCCCCN)CC1. The summed E-state index contributed by atoms with van der Waals surface area (Å²) in [4.78, 5) is 4.99. The minimum Gasteiger partial charge on any atom is -0.330 e. The maximum atomic E-state index is 5.50. The molecular formula is C15H33N3. The van der Waals surface area contributed by atoms with Gasteiger partial charge in [0.1, 0.15) is 0 Å². The molecule has 108 valence electrons. The summed E-state index contributed by atoms with van der Waals surface area (Å²) in [6.45, 7) is 6.09. The molecule has 0 radical (unpaired) electrons. The van der Waals surface area contributed by atoms with Crippen LogP contribution in [0, 0.1) is 5.92 Å². The van der Waals surface area contributed by atoms with Crippen molar-refractivity contribution in [3.8, 4) is 0 Å². The third-order valence-corrected chi connectivity index (χ3v) is 4.01. The number of nitrogens with zero attached hydrogens (tertiary/aromatic N) is 2. The summed E-state index contributed by atoms with van der Waals surface area (Å²) in [5.41, 5.74) is 5.50. The smallest absolute Gasteiger partial charge is 0.000451 e. The highest BCUT2D eigenvalue weighted by molar-refractivity contribution is 4.73. The van der Waals surface area contributed by atoms with Crippen LogP contribution < -0.4 is 5.73 Å². The van der Waals surface area contributed by atoms with Crippen molar-refractivity contribution in [2.24, 2.45) is 11.7 Å². The average molecular weight is 255 g/mol. The van der Waals surface area contributed by atoms with E-state index in [0.29, 0.717) is 0 Å². The molecule has 0 spiro atoms. The van der Waals surface area contributed by atoms with Crippen molar-refractivity contribution < 1.29 is 0 Å². The Balaban J connectivity index is 1.95. The van der Waals surface area contributed by atoms with Crippen LogP contribution in [-0.2, 0) is 0 Å². The maximum absolute atomic E-state index is 5.50. The monoisotopic (exact) mass is 255 g/mol. The van der Waals surface area contributed by atoms with Crippen molar-refractivity contribution >= 4 is 0 Å². The molecule has 1 aliphatic rings. The molecule has 0 aromatic rings. The van der Waals surface area contributed by atoms with Crippen LogP contribution in [0.25, 0.3) is 0 Å². The molecule has 3 heteroatoms. The number of likely N-dealkylation sites (tertiary alicyclic amines) is 1. The Kier molecular flexibility index (Phi) is 8.64. The molecule has 0 aromatic carbocycles. The second-order valence-corrected chi connectivity index (χ2v) is 6.10. The molecule has 0 aromatic heterocycles. The van der Waals surface area contributed by atoms with E-state index >= 15 is 0 Å². The van der Waals surface area contributed by atoms with E-state index < -0.39 is 0 Å². The van der Waals surface area contributed by atoms with Gasteiger partial charge in [-0.25, -0.2) is 0 Å². The van der Waals surface area contributed by atoms with Gasteiger partial charge >= 0.3 is 0 Å². The zero-order valence-electron chi connectivity index (χ0n) is 12.5. The molecule has 0 atom stereocenters. The number of hydrogen-bond acceptors (Lipinski definition) is 3. The van der Waals surface area contributed by atoms with E-state index in [1.54, 1.807) is 0 Å². The van der Waals surface area contributed by atoms with E-state index in [-0.39, 0.29) is 0 Å². The van der Waals surface area contributed by atoms with E-state index in [4.69, 9.17) is 5.73 Å². The lowest BCUT2D eigenvalue weighted by molar-refractivity contribution is 0.160. The van der Waals surface area contributed by atoms with Crippen LogP contribution in [0.5, 0.6) is 0 Å². The topological polar surface area (TPSA) is 32.5 Å². The Morgan fingerprint density at radius 3 is 2.22 bits per heavy atom. The molecule has 0 bridgehead atoms. The Morgan fingerprint density at radius 1 is 1.00 bits per heavy atom. The minimum atomic E-state index is 0.861. The molecule has 0 unspecified atom stereocenters. The normalized spacial score (nSPS) is 18.7. The average Bonchev–Trinajstić information content (AvgIpc) is 2.35. The van der Waals surface area contributed by atoms with Crippen LogP contribution in [0.3, 0.4) is 0 Å². The fourth-order valence-corrected chi connectivity index (χ4v) is 2.92. The van der Waals surface area contributed by atoms with Crippen LogP contribution in [0.4, 0.5) is 0 Å². The standard InChI is InChI=1S/C15H33N3/c1-17(2)14-15-8-12-18(13-9-15)11-7-5-3-4-6-10-16/h15H,3-14,16H2,1-2H3. The van der Waals surface area contributed by atoms with Crippen LogP contribution in [0.1, 0.15) is 44.9 Å². The lowest BCUT2D eigenvalue weighted by Crippen LogP contribution is -2.37. The summed E-state index contributed by atoms with van der Waals surface area (Å²) in [7, 11) is 4.38. The molecule has 1 saturated heterocycles. The third kappa shape index (κ3) is 7.34. The minimum absolute atomic E-state index is 0.861. The largest absolute Gasteiger partial charge is 0.330 e. The molecule has 1 fully saturated rings. The van der Waals surface area contributed by atoms with Crippen molar-refractivity contribution in [3.05, 3.63) is 0 Å². The van der Waals surface area contributed by atoms with E-state index in [2.05, 4.69) is 23.9 Å². The van der Waals surface area contributed by atoms with E-state index in [0.717, 1.165) is 12.5 Å². The van der Waals surface area contributed by atoms with Crippen molar-refractivity contribution in [1.82, 2.24) is 9.80 Å². The highest BCUT2D eigenvalue weighted by atomic mass is 15.1. The van der Waals surface area contributed by atoms with Crippen molar-refractivity contribution in [2.75, 3.05) is 46.8 Å². The Labute approximate surface area is 114 Å². The van der Waals surface area contributed by atoms with Gasteiger partial charge in [-0.3, -0.25) is 0 Å². The van der Waals surface area contributed by atoms with Crippen LogP contribution in [-0.4, -0.2) is 56.6 Å². The van der Waals surface area contributed by atoms with Gasteiger partial charge in [0.15, 0.2) is 0 Å². The maximum Gasteiger partial charge on any atom is 0.000451 e. The molecule has 3 nitrogen and oxygen atoms in total. The van der Waals surface area contributed by atoms with E-state index in [1.165, 1.54) is 71.1 Å². The molecule has 1 rings (SSSR count). The summed E-state index contributed by atoms with van der Waals surface area (Å²) >= 11 is 0. The van der Waals surface area contributed by atoms with Gasteiger partial charge in [0.25, 0.3) is 0 Å². The molecular weight excluding hydrogens is 222 g/mol. The van der Waals surface area contributed by atoms with Gasteiger partial charge in [0.2, 0.25) is 0 Å². The van der Waals surface area contributed by atoms with Gasteiger partial charge in [0.05, 0.1) is 0 Å². The molecule has 1 aliphatic heterocycles. The fourth-order valence-electron chi connectivity index (χ4n) is 2.92. The summed E-state index contributed by atoms with van der Waals surface area (Å²) in [6.07, 6.45) is 9.45. The number of unbranched alkanes of at least 4 members (excludes halogenated alkanes) is 4. The molecule has 0 amide bonds. The summed E-state index contributed by atoms with van der Waals surface area (Å²) in [5.74, 6) is 0.931. The Morgan fingerprint density at radius 2 is 1.61 bits per heavy atom. The van der Waals surface area contributed by atoms with Crippen molar-refractivity contribution in [1.29, 1.82) is 0 Å². The zero-order valence-corrected chi connectivity index (χ0v) is 12.5. The van der Waals surface area contributed by atoms with E-state index in [9.17, 15) is 0 Å². The van der Waals surface area contributed by atoms with E-state index in [1.807, 2.05) is 0 Å². The summed E-state index contributed by atoms with van der Waals surface area (Å²) < 4.78 is 0. The molecule has 0 saturated carbocycles. The van der Waals surface area contributed by atoms with Crippen LogP contribution in [0.2, 0.25) is 0 Å². The second-order valence-electron chi connectivity index (χ2n) is 6.10. The zero-order chi connectivity index (χ0) is 13.2. The number of hydrogen-bond donors (Lipinski definition) is 1. The molecule has 2 N–H and O–H groups in total. The van der Waals surface area contributed by atoms with Gasteiger partial charge < -0.3 is 15.5 Å². The second kappa shape index (κ2) is 9.76. The first kappa shape index (κ1) is 15.9. The third-order valence-electron chi connectivity index (χ3n) is 4.01. The van der Waals surface area contributed by atoms with Crippen molar-refractivity contribution in [2.45, 2.75) is 44.9 Å². The van der Waals surface area contributed by atoms with Gasteiger partial charge in [-0.15, -0.1) is 0 Å². The first-order chi connectivity index (χ1) is 8.72. The highest BCUT2D eigenvalue weighted by Crippen LogP contribution is 2.18. The van der Waals surface area contributed by atoms with Gasteiger partial charge in [-0.2, -0.15) is 0 Å². The van der Waals surface area contributed by atoms with Crippen LogP contribution >= 0.6 is 0 Å². The lowest BCUT2D eigenvalue weighted by Gasteiger charge is -2.33. The van der Waals surface area contributed by atoms with Gasteiger partial charge in [0, 0.05) is 6.54 Å². The quantitative estimate of drug-likeness (QED) is 0.641. The summed E-state index contributed by atoms with van der Waals surface area (Å²) in [6, 6.07) is 0. The highest BCUT2D eigenvalue weighted by Gasteiger charge is 2.18. The molecule has 18 heavy (non-hydrogen) atoms.